The van der Waals surface area contributed by atoms with Crippen molar-refractivity contribution in [1.29, 1.82) is 0 Å². The van der Waals surface area contributed by atoms with Crippen LogP contribution < -0.4 is 5.32 Å². The second kappa shape index (κ2) is 5.73. The monoisotopic (exact) mass is 264 g/mol. The Labute approximate surface area is 119 Å². The van der Waals surface area contributed by atoms with Gasteiger partial charge in [0.25, 0.3) is 0 Å². The second-order valence-corrected chi connectivity index (χ2v) is 7.65. The third-order valence-electron chi connectivity index (χ3n) is 5.99. The predicted molar refractivity (Wildman–Crippen MR) is 81.4 cm³/mol. The van der Waals surface area contributed by atoms with Crippen LogP contribution in [0.15, 0.2) is 0 Å². The maximum atomic E-state index is 3.71. The third-order valence-corrected chi connectivity index (χ3v) is 5.99. The summed E-state index contributed by atoms with van der Waals surface area (Å²) in [7, 11) is 0. The molecule has 2 saturated heterocycles. The fraction of sp³-hybridized carbons (Fsp3) is 1.00. The van der Waals surface area contributed by atoms with Gasteiger partial charge in [-0.15, -0.1) is 0 Å². The zero-order chi connectivity index (χ0) is 13.3. The quantitative estimate of drug-likeness (QED) is 0.835. The lowest BCUT2D eigenvalue weighted by atomic mass is 9.78. The molecule has 2 atom stereocenters. The minimum atomic E-state index is 0.638. The number of hydrogen-bond acceptors (Lipinski definition) is 2. The fourth-order valence-corrected chi connectivity index (χ4v) is 5.02. The van der Waals surface area contributed by atoms with Gasteiger partial charge in [0.15, 0.2) is 0 Å². The average molecular weight is 264 g/mol. The Morgan fingerprint density at radius 1 is 1.05 bits per heavy atom. The van der Waals surface area contributed by atoms with Crippen LogP contribution >= 0.6 is 0 Å². The highest BCUT2D eigenvalue weighted by Crippen LogP contribution is 2.42. The lowest BCUT2D eigenvalue weighted by molar-refractivity contribution is -0.00455. The second-order valence-electron chi connectivity index (χ2n) is 7.65. The van der Waals surface area contributed by atoms with Crippen molar-refractivity contribution >= 4 is 0 Å². The van der Waals surface area contributed by atoms with E-state index in [-0.39, 0.29) is 0 Å². The molecule has 0 aromatic carbocycles. The largest absolute Gasteiger partial charge is 0.314 e. The van der Waals surface area contributed by atoms with E-state index in [1.165, 1.54) is 64.3 Å². The molecule has 19 heavy (non-hydrogen) atoms. The van der Waals surface area contributed by atoms with Crippen molar-refractivity contribution in [2.45, 2.75) is 89.8 Å². The van der Waals surface area contributed by atoms with E-state index in [0.29, 0.717) is 5.41 Å². The molecule has 0 aromatic heterocycles. The van der Waals surface area contributed by atoms with Crippen LogP contribution in [0.25, 0.3) is 0 Å². The number of nitrogens with one attached hydrogen (secondary N) is 1. The molecule has 1 N–H and O–H groups in total. The van der Waals surface area contributed by atoms with E-state index < -0.39 is 0 Å². The Kier molecular flexibility index (Phi) is 4.19. The minimum Gasteiger partial charge on any atom is -0.314 e. The van der Waals surface area contributed by atoms with E-state index in [2.05, 4.69) is 24.1 Å². The molecule has 0 amide bonds. The SMILES string of the molecule is CCNC1CC2CCCC(C1)N2CC1(C)CCCC1. The van der Waals surface area contributed by atoms with Gasteiger partial charge < -0.3 is 5.32 Å². The summed E-state index contributed by atoms with van der Waals surface area (Å²) in [5.74, 6) is 0. The number of fused-ring (bicyclic) bond motifs is 2. The highest BCUT2D eigenvalue weighted by atomic mass is 15.2. The molecule has 0 aromatic rings. The summed E-state index contributed by atoms with van der Waals surface area (Å²) in [4.78, 5) is 2.93. The molecule has 2 heteroatoms. The average Bonchev–Trinajstić information content (AvgIpc) is 2.77. The Hall–Kier alpha value is -0.0800. The number of rotatable bonds is 4. The van der Waals surface area contributed by atoms with E-state index >= 15 is 0 Å². The normalized spacial score (nSPS) is 38.5. The fourth-order valence-electron chi connectivity index (χ4n) is 5.02. The summed E-state index contributed by atoms with van der Waals surface area (Å²) in [6.45, 7) is 7.33. The van der Waals surface area contributed by atoms with Gasteiger partial charge in [0, 0.05) is 24.7 Å². The van der Waals surface area contributed by atoms with Crippen LogP contribution in [-0.2, 0) is 0 Å². The lowest BCUT2D eigenvalue weighted by Crippen LogP contribution is -2.58. The Bertz CT molecular complexity index is 282. The first-order valence-electron chi connectivity index (χ1n) is 8.69. The molecule has 1 aliphatic carbocycles. The van der Waals surface area contributed by atoms with Crippen LogP contribution in [-0.4, -0.2) is 36.1 Å². The molecule has 2 unspecified atom stereocenters. The van der Waals surface area contributed by atoms with Crippen molar-refractivity contribution in [1.82, 2.24) is 10.2 Å². The highest BCUT2D eigenvalue weighted by Gasteiger charge is 2.41. The molecule has 2 nitrogen and oxygen atoms in total. The third kappa shape index (κ3) is 3.00. The summed E-state index contributed by atoms with van der Waals surface area (Å²) in [6.07, 6.45) is 13.1. The van der Waals surface area contributed by atoms with E-state index in [1.54, 1.807) is 0 Å². The number of nitrogens with zero attached hydrogens (tertiary/aromatic N) is 1. The predicted octanol–water partition coefficient (Wildman–Crippen LogP) is 3.56. The van der Waals surface area contributed by atoms with E-state index in [4.69, 9.17) is 0 Å². The smallest absolute Gasteiger partial charge is 0.0113 e. The molecular weight excluding hydrogens is 232 g/mol. The molecule has 2 aliphatic heterocycles. The van der Waals surface area contributed by atoms with Crippen molar-refractivity contribution < 1.29 is 0 Å². The molecular formula is C17H32N2. The van der Waals surface area contributed by atoms with Crippen molar-refractivity contribution in [3.63, 3.8) is 0 Å². The van der Waals surface area contributed by atoms with Gasteiger partial charge in [-0.3, -0.25) is 4.90 Å². The first-order chi connectivity index (χ1) is 9.20. The van der Waals surface area contributed by atoms with Crippen LogP contribution in [0.2, 0.25) is 0 Å². The summed E-state index contributed by atoms with van der Waals surface area (Å²) in [5, 5.41) is 3.71. The zero-order valence-electron chi connectivity index (χ0n) is 13.0. The zero-order valence-corrected chi connectivity index (χ0v) is 13.0. The Morgan fingerprint density at radius 3 is 2.26 bits per heavy atom. The standard InChI is InChI=1S/C17H32N2/c1-3-18-14-11-15-7-6-8-16(12-14)19(15)13-17(2)9-4-5-10-17/h14-16,18H,3-13H2,1-2H3. The topological polar surface area (TPSA) is 15.3 Å². The molecule has 3 aliphatic rings. The van der Waals surface area contributed by atoms with Crippen molar-refractivity contribution in [3.05, 3.63) is 0 Å². The molecule has 2 bridgehead atoms. The maximum Gasteiger partial charge on any atom is 0.0113 e. The van der Waals surface area contributed by atoms with Gasteiger partial charge >= 0.3 is 0 Å². The van der Waals surface area contributed by atoms with Gasteiger partial charge in [-0.05, 0) is 50.5 Å². The first-order valence-corrected chi connectivity index (χ1v) is 8.69. The van der Waals surface area contributed by atoms with Crippen molar-refractivity contribution in [2.75, 3.05) is 13.1 Å². The number of piperidine rings is 2. The summed E-state index contributed by atoms with van der Waals surface area (Å²) in [5.41, 5.74) is 0.638. The van der Waals surface area contributed by atoms with Gasteiger partial charge in [0.2, 0.25) is 0 Å². The van der Waals surface area contributed by atoms with Crippen LogP contribution in [0.5, 0.6) is 0 Å². The van der Waals surface area contributed by atoms with Crippen LogP contribution in [0, 0.1) is 5.41 Å². The van der Waals surface area contributed by atoms with Gasteiger partial charge in [0.1, 0.15) is 0 Å². The van der Waals surface area contributed by atoms with Crippen LogP contribution in [0.3, 0.4) is 0 Å². The van der Waals surface area contributed by atoms with Crippen LogP contribution in [0.4, 0.5) is 0 Å². The van der Waals surface area contributed by atoms with Gasteiger partial charge in [0.05, 0.1) is 0 Å². The molecule has 2 heterocycles. The maximum absolute atomic E-state index is 3.71. The molecule has 0 spiro atoms. The molecule has 0 radical (unpaired) electrons. The van der Waals surface area contributed by atoms with Gasteiger partial charge in [-0.1, -0.05) is 33.1 Å². The Balaban J connectivity index is 1.65. The van der Waals surface area contributed by atoms with Crippen molar-refractivity contribution in [2.24, 2.45) is 5.41 Å². The van der Waals surface area contributed by atoms with E-state index in [9.17, 15) is 0 Å². The molecule has 110 valence electrons. The van der Waals surface area contributed by atoms with E-state index in [0.717, 1.165) is 24.7 Å². The first kappa shape index (κ1) is 13.9. The van der Waals surface area contributed by atoms with E-state index in [1.807, 2.05) is 0 Å². The van der Waals surface area contributed by atoms with Crippen LogP contribution in [0.1, 0.15) is 71.6 Å². The molecule has 1 saturated carbocycles. The summed E-state index contributed by atoms with van der Waals surface area (Å²) < 4.78 is 0. The van der Waals surface area contributed by atoms with Gasteiger partial charge in [-0.25, -0.2) is 0 Å². The lowest BCUT2D eigenvalue weighted by Gasteiger charge is -2.51. The summed E-state index contributed by atoms with van der Waals surface area (Å²) in [6, 6.07) is 2.57. The molecule has 3 rings (SSSR count). The summed E-state index contributed by atoms with van der Waals surface area (Å²) >= 11 is 0. The minimum absolute atomic E-state index is 0.638. The number of hydrogen-bond donors (Lipinski definition) is 1. The van der Waals surface area contributed by atoms with Crippen molar-refractivity contribution in [3.8, 4) is 0 Å². The highest BCUT2D eigenvalue weighted by molar-refractivity contribution is 4.97. The molecule has 3 fully saturated rings. The Morgan fingerprint density at radius 2 is 1.68 bits per heavy atom. The van der Waals surface area contributed by atoms with Gasteiger partial charge in [-0.2, -0.15) is 0 Å².